The number of nitrogens with zero attached hydrogens (tertiary/aromatic N) is 4. The first-order valence-electron chi connectivity index (χ1n) is 9.84. The number of aliphatic hydroxyl groups is 1. The number of aromatic nitrogens is 2. The summed E-state index contributed by atoms with van der Waals surface area (Å²) in [6, 6.07) is 7.02. The number of benzene rings is 1. The highest BCUT2D eigenvalue weighted by atomic mass is 16.6. The van der Waals surface area contributed by atoms with Crippen molar-refractivity contribution < 1.29 is 24.0 Å². The van der Waals surface area contributed by atoms with Gasteiger partial charge in [0.05, 0.1) is 28.3 Å². The van der Waals surface area contributed by atoms with E-state index in [1.54, 1.807) is 13.0 Å². The van der Waals surface area contributed by atoms with Crippen LogP contribution in [0.25, 0.3) is 0 Å². The molecule has 0 fully saturated rings. The lowest BCUT2D eigenvalue weighted by Gasteiger charge is -2.27. The largest absolute Gasteiger partial charge is 0.503 e. The van der Waals surface area contributed by atoms with E-state index in [0.717, 1.165) is 11.1 Å². The third-order valence-electron chi connectivity index (χ3n) is 5.17. The van der Waals surface area contributed by atoms with E-state index in [4.69, 9.17) is 10.2 Å². The van der Waals surface area contributed by atoms with E-state index in [-0.39, 0.29) is 39.8 Å². The van der Waals surface area contributed by atoms with E-state index in [1.165, 1.54) is 36.5 Å². The highest BCUT2D eigenvalue weighted by molar-refractivity contribution is 6.21. The molecular formula is C22H18N6O6. The number of hydrogen-bond acceptors (Lipinski definition) is 9. The normalized spacial score (nSPS) is 16.3. The van der Waals surface area contributed by atoms with Crippen molar-refractivity contribution in [2.75, 3.05) is 5.73 Å². The third-order valence-corrected chi connectivity index (χ3v) is 5.17. The second-order valence-corrected chi connectivity index (χ2v) is 7.26. The number of ketones is 1. The number of nitrogens with one attached hydrogen (secondary N) is 1. The van der Waals surface area contributed by atoms with Crippen molar-refractivity contribution in [3.8, 4) is 0 Å². The number of carbonyl (C=O) groups excluding carboxylic acids is 2. The summed E-state index contributed by atoms with van der Waals surface area (Å²) in [6.07, 6.45) is 2.45. The molecule has 0 saturated carbocycles. The van der Waals surface area contributed by atoms with Crippen molar-refractivity contribution in [1.82, 2.24) is 15.1 Å². The average molecular weight is 462 g/mol. The van der Waals surface area contributed by atoms with Crippen LogP contribution in [0.15, 0.2) is 76.1 Å². The van der Waals surface area contributed by atoms with Crippen LogP contribution < -0.4 is 5.73 Å². The maximum Gasteiger partial charge on any atom is 0.295 e. The number of aliphatic imine (C=N–C) groups is 1. The van der Waals surface area contributed by atoms with Gasteiger partial charge in [-0.05, 0) is 24.6 Å². The van der Waals surface area contributed by atoms with Gasteiger partial charge in [-0.3, -0.25) is 29.7 Å². The van der Waals surface area contributed by atoms with E-state index in [9.17, 15) is 24.8 Å². The molecule has 0 aliphatic carbocycles. The van der Waals surface area contributed by atoms with Gasteiger partial charge in [0.25, 0.3) is 11.6 Å². The molecule has 4 N–H and O–H groups in total. The Balaban J connectivity index is 1.95. The van der Waals surface area contributed by atoms with E-state index < -0.39 is 28.4 Å². The quantitative estimate of drug-likeness (QED) is 0.164. The second kappa shape index (κ2) is 8.50. The van der Waals surface area contributed by atoms with Crippen molar-refractivity contribution in [3.63, 3.8) is 0 Å². The smallest absolute Gasteiger partial charge is 0.295 e. The number of amidine groups is 1. The molecule has 4 rings (SSSR count). The zero-order valence-electron chi connectivity index (χ0n) is 17.8. The van der Waals surface area contributed by atoms with Crippen LogP contribution in [0, 0.1) is 17.0 Å². The van der Waals surface area contributed by atoms with Gasteiger partial charge in [0.15, 0.2) is 11.5 Å². The summed E-state index contributed by atoms with van der Waals surface area (Å²) in [7, 11) is 0. The van der Waals surface area contributed by atoms with Crippen LogP contribution in [0.2, 0.25) is 0 Å². The number of aliphatic hydroxyl groups excluding tert-OH is 1. The Morgan fingerprint density at radius 3 is 2.76 bits per heavy atom. The van der Waals surface area contributed by atoms with Gasteiger partial charge >= 0.3 is 0 Å². The number of anilines is 1. The van der Waals surface area contributed by atoms with Crippen molar-refractivity contribution in [1.29, 1.82) is 0 Å². The van der Waals surface area contributed by atoms with Crippen LogP contribution in [-0.4, -0.2) is 42.7 Å². The van der Waals surface area contributed by atoms with Gasteiger partial charge in [-0.15, -0.1) is 0 Å². The number of furan rings is 1. The number of nitrogens with two attached hydrogens (primary N) is 1. The van der Waals surface area contributed by atoms with Crippen LogP contribution in [0.5, 0.6) is 0 Å². The fraction of sp³-hybridized carbons (Fsp3) is 0.0909. The van der Waals surface area contributed by atoms with Gasteiger partial charge in [0.2, 0.25) is 5.78 Å². The summed E-state index contributed by atoms with van der Waals surface area (Å²) in [5.74, 6) is -2.28. The van der Waals surface area contributed by atoms with Crippen molar-refractivity contribution in [2.45, 2.75) is 13.0 Å². The number of rotatable bonds is 6. The highest BCUT2D eigenvalue weighted by Gasteiger charge is 2.47. The van der Waals surface area contributed by atoms with Gasteiger partial charge in [-0.1, -0.05) is 18.7 Å². The molecule has 1 aliphatic heterocycles. The van der Waals surface area contributed by atoms with E-state index >= 15 is 0 Å². The van der Waals surface area contributed by atoms with Crippen molar-refractivity contribution in [3.05, 3.63) is 99.5 Å². The molecule has 0 spiro atoms. The summed E-state index contributed by atoms with van der Waals surface area (Å²) in [5, 5.41) is 28.6. The van der Waals surface area contributed by atoms with Crippen LogP contribution >= 0.6 is 0 Å². The molecule has 1 amide bonds. The number of non-ortho nitro benzene ring substituents is 1. The number of H-pyrrole nitrogens is 1. The average Bonchev–Trinajstić information content (AvgIpc) is 3.50. The monoisotopic (exact) mass is 462 g/mol. The van der Waals surface area contributed by atoms with Crippen LogP contribution in [-0.2, 0) is 4.79 Å². The number of hydrogen-bond donors (Lipinski definition) is 3. The molecule has 3 aromatic rings. The first-order valence-corrected chi connectivity index (χ1v) is 9.84. The standard InChI is InChI=1S/C22H18N6O6/c1-3-24-21(14-10-25-26-20(14)23)27-17(12-5-4-6-13(9-12)28(32)33)16(19(30)22(27)31)18(29)15-8-7-11(2)34-15/h3-10,17,30H,1H2,2H3,(H3,23,25,26)/b24-21+. The molecule has 34 heavy (non-hydrogen) atoms. The van der Waals surface area contributed by atoms with Gasteiger partial charge in [-0.2, -0.15) is 5.10 Å². The summed E-state index contributed by atoms with van der Waals surface area (Å²) >= 11 is 0. The number of amides is 1. The number of aryl methyl sites for hydroxylation is 1. The minimum absolute atomic E-state index is 0.0621. The first kappa shape index (κ1) is 22.2. The van der Waals surface area contributed by atoms with E-state index in [1.807, 2.05) is 0 Å². The van der Waals surface area contributed by atoms with Crippen molar-refractivity contribution in [2.24, 2.45) is 4.99 Å². The number of aromatic amines is 1. The summed E-state index contributed by atoms with van der Waals surface area (Å²) in [5.41, 5.74) is 5.70. The fourth-order valence-electron chi connectivity index (χ4n) is 3.69. The molecule has 1 aliphatic rings. The van der Waals surface area contributed by atoms with Crippen LogP contribution in [0.3, 0.4) is 0 Å². The first-order chi connectivity index (χ1) is 16.2. The summed E-state index contributed by atoms with van der Waals surface area (Å²) < 4.78 is 5.41. The molecular weight excluding hydrogens is 444 g/mol. The SMILES string of the molecule is C=C/N=C(\c1cn[nH]c1N)N1C(=O)C(O)=C(C(=O)c2ccc(C)o2)C1c1cccc([N+](=O)[O-])c1. The van der Waals surface area contributed by atoms with Gasteiger partial charge in [0, 0.05) is 18.3 Å². The highest BCUT2D eigenvalue weighted by Crippen LogP contribution is 2.41. The molecule has 2 aromatic heterocycles. The third kappa shape index (κ3) is 3.62. The summed E-state index contributed by atoms with van der Waals surface area (Å²) in [4.78, 5) is 42.6. The molecule has 12 heteroatoms. The lowest BCUT2D eigenvalue weighted by atomic mass is 9.94. The minimum atomic E-state index is -1.29. The molecule has 12 nitrogen and oxygen atoms in total. The Labute approximate surface area is 191 Å². The molecule has 3 heterocycles. The Bertz CT molecular complexity index is 1400. The predicted octanol–water partition coefficient (Wildman–Crippen LogP) is 2.97. The Morgan fingerprint density at radius 2 is 2.18 bits per heavy atom. The van der Waals surface area contributed by atoms with Crippen molar-refractivity contribution >= 4 is 29.0 Å². The Hall–Kier alpha value is -5.00. The number of nitrogen functional groups attached to an aromatic ring is 1. The molecule has 172 valence electrons. The Kier molecular flexibility index (Phi) is 5.55. The lowest BCUT2D eigenvalue weighted by Crippen LogP contribution is -2.37. The topological polar surface area (TPSA) is 181 Å². The molecule has 0 bridgehead atoms. The van der Waals surface area contributed by atoms with Gasteiger partial charge < -0.3 is 15.3 Å². The number of nitro benzene ring substituents is 1. The fourth-order valence-corrected chi connectivity index (χ4v) is 3.69. The zero-order valence-corrected chi connectivity index (χ0v) is 17.8. The summed E-state index contributed by atoms with van der Waals surface area (Å²) in [6.45, 7) is 5.18. The predicted molar refractivity (Wildman–Crippen MR) is 120 cm³/mol. The molecule has 0 saturated heterocycles. The van der Waals surface area contributed by atoms with Gasteiger partial charge in [0.1, 0.15) is 17.4 Å². The van der Waals surface area contributed by atoms with Crippen LogP contribution in [0.4, 0.5) is 11.5 Å². The molecule has 1 unspecified atom stereocenters. The van der Waals surface area contributed by atoms with Crippen LogP contribution in [0.1, 0.15) is 33.5 Å². The second-order valence-electron chi connectivity index (χ2n) is 7.26. The lowest BCUT2D eigenvalue weighted by molar-refractivity contribution is -0.384. The maximum atomic E-state index is 13.4. The maximum absolute atomic E-state index is 13.4. The minimum Gasteiger partial charge on any atom is -0.503 e. The Morgan fingerprint density at radius 1 is 1.41 bits per heavy atom. The van der Waals surface area contributed by atoms with E-state index in [0.29, 0.717) is 5.76 Å². The number of carbonyl (C=O) groups is 2. The van der Waals surface area contributed by atoms with E-state index in [2.05, 4.69) is 21.8 Å². The number of nitro groups is 1. The van der Waals surface area contributed by atoms with Gasteiger partial charge in [-0.25, -0.2) is 4.99 Å². The number of Topliss-reactive ketones (excluding diaryl/α,β-unsaturated/α-hetero) is 1. The zero-order chi connectivity index (χ0) is 24.6. The molecule has 1 aromatic carbocycles. The molecule has 1 atom stereocenters. The molecule has 0 radical (unpaired) electrons.